The Balaban J connectivity index is 1.73. The van der Waals surface area contributed by atoms with E-state index < -0.39 is 0 Å². The smallest absolute Gasteiger partial charge is 0.226 e. The van der Waals surface area contributed by atoms with Crippen molar-refractivity contribution in [2.75, 3.05) is 19.7 Å². The molecule has 2 rings (SSSR count). The van der Waals surface area contributed by atoms with E-state index in [1.807, 2.05) is 0 Å². The topological polar surface area (TPSA) is 55.6 Å². The molecule has 1 heterocycles. The van der Waals surface area contributed by atoms with Gasteiger partial charge >= 0.3 is 0 Å². The fourth-order valence-electron chi connectivity index (χ4n) is 2.18. The van der Waals surface area contributed by atoms with Crippen LogP contribution in [0.4, 0.5) is 4.39 Å². The van der Waals surface area contributed by atoms with E-state index in [-0.39, 0.29) is 17.8 Å². The van der Waals surface area contributed by atoms with Gasteiger partial charge in [-0.05, 0) is 37.1 Å². The fraction of sp³-hybridized carbons (Fsp3) is 0.500. The number of hydrogen-bond donors (Lipinski definition) is 1. The highest BCUT2D eigenvalue weighted by atomic mass is 19.1. The molecule has 104 valence electrons. The summed E-state index contributed by atoms with van der Waals surface area (Å²) in [6.45, 7) is 1.72. The monoisotopic (exact) mass is 266 g/mol. The van der Waals surface area contributed by atoms with Gasteiger partial charge in [0.2, 0.25) is 5.91 Å². The number of nitrogens with two attached hydrogens (primary N) is 1. The summed E-state index contributed by atoms with van der Waals surface area (Å²) in [5.41, 5.74) is 5.84. The molecule has 0 saturated carbocycles. The van der Waals surface area contributed by atoms with Crippen molar-refractivity contribution in [1.82, 2.24) is 4.90 Å². The van der Waals surface area contributed by atoms with Crippen LogP contribution in [0.2, 0.25) is 0 Å². The van der Waals surface area contributed by atoms with Gasteiger partial charge in [0, 0.05) is 19.1 Å². The summed E-state index contributed by atoms with van der Waals surface area (Å²) >= 11 is 0. The zero-order valence-corrected chi connectivity index (χ0v) is 10.8. The first-order chi connectivity index (χ1) is 9.15. The van der Waals surface area contributed by atoms with Gasteiger partial charge in [0.15, 0.2) is 0 Å². The summed E-state index contributed by atoms with van der Waals surface area (Å²) in [6.07, 6.45) is 2.27. The Morgan fingerprint density at radius 2 is 2.16 bits per heavy atom. The molecule has 0 radical (unpaired) electrons. The van der Waals surface area contributed by atoms with Crippen molar-refractivity contribution in [2.24, 2.45) is 5.73 Å². The number of carbonyl (C=O) groups is 1. The van der Waals surface area contributed by atoms with Crippen LogP contribution < -0.4 is 10.5 Å². The van der Waals surface area contributed by atoms with E-state index in [1.54, 1.807) is 17.0 Å². The molecule has 1 aromatic carbocycles. The van der Waals surface area contributed by atoms with Gasteiger partial charge in [0.05, 0.1) is 13.0 Å². The van der Waals surface area contributed by atoms with Crippen molar-refractivity contribution < 1.29 is 13.9 Å². The zero-order valence-electron chi connectivity index (χ0n) is 10.8. The number of benzene rings is 1. The second-order valence-electron chi connectivity index (χ2n) is 4.79. The van der Waals surface area contributed by atoms with Crippen LogP contribution in [0.1, 0.15) is 19.3 Å². The molecule has 19 heavy (non-hydrogen) atoms. The average molecular weight is 266 g/mol. The maximum Gasteiger partial charge on any atom is 0.226 e. The number of amides is 1. The van der Waals surface area contributed by atoms with Crippen LogP contribution in [0.5, 0.6) is 5.75 Å². The number of rotatable bonds is 4. The molecule has 1 aromatic rings. The second-order valence-corrected chi connectivity index (χ2v) is 4.79. The molecule has 1 amide bonds. The minimum absolute atomic E-state index is 0.0669. The molecule has 1 fully saturated rings. The predicted octanol–water partition coefficient (Wildman–Crippen LogP) is 1.54. The van der Waals surface area contributed by atoms with Gasteiger partial charge in [-0.3, -0.25) is 4.79 Å². The van der Waals surface area contributed by atoms with Crippen molar-refractivity contribution >= 4 is 5.91 Å². The first kappa shape index (κ1) is 13.8. The summed E-state index contributed by atoms with van der Waals surface area (Å²) in [6, 6.07) is 5.87. The Morgan fingerprint density at radius 1 is 1.42 bits per heavy atom. The van der Waals surface area contributed by atoms with E-state index in [0.717, 1.165) is 19.4 Å². The van der Waals surface area contributed by atoms with E-state index in [2.05, 4.69) is 0 Å². The van der Waals surface area contributed by atoms with Gasteiger partial charge in [0.25, 0.3) is 0 Å². The minimum Gasteiger partial charge on any atom is -0.493 e. The Bertz CT molecular complexity index is 422. The van der Waals surface area contributed by atoms with Crippen molar-refractivity contribution in [3.8, 4) is 5.75 Å². The number of halogens is 1. The van der Waals surface area contributed by atoms with E-state index in [4.69, 9.17) is 10.5 Å². The lowest BCUT2D eigenvalue weighted by atomic mass is 10.1. The Labute approximate surface area is 112 Å². The lowest BCUT2D eigenvalue weighted by Crippen LogP contribution is -2.46. The normalized spacial score (nSPS) is 19.3. The molecule has 0 bridgehead atoms. The lowest BCUT2D eigenvalue weighted by Gasteiger charge is -2.30. The number of nitrogens with zero attached hydrogens (tertiary/aromatic N) is 1. The van der Waals surface area contributed by atoms with Crippen molar-refractivity contribution in [1.29, 1.82) is 0 Å². The van der Waals surface area contributed by atoms with Crippen LogP contribution in [0, 0.1) is 5.82 Å². The van der Waals surface area contributed by atoms with E-state index >= 15 is 0 Å². The third kappa shape index (κ3) is 4.21. The average Bonchev–Trinajstić information content (AvgIpc) is 2.41. The van der Waals surface area contributed by atoms with Crippen molar-refractivity contribution in [3.63, 3.8) is 0 Å². The van der Waals surface area contributed by atoms with Crippen LogP contribution in [0.3, 0.4) is 0 Å². The highest BCUT2D eigenvalue weighted by molar-refractivity contribution is 5.76. The maximum atomic E-state index is 12.7. The van der Waals surface area contributed by atoms with Crippen LogP contribution in [-0.4, -0.2) is 36.5 Å². The van der Waals surface area contributed by atoms with Crippen LogP contribution in [0.15, 0.2) is 24.3 Å². The molecule has 5 heteroatoms. The van der Waals surface area contributed by atoms with Gasteiger partial charge in [-0.2, -0.15) is 0 Å². The standard InChI is InChI=1S/C14H19FN2O2/c15-11-3-5-13(6-4-11)19-9-7-14(18)17-8-1-2-12(16)10-17/h3-6,12H,1-2,7-10,16H2. The van der Waals surface area contributed by atoms with Crippen molar-refractivity contribution in [2.45, 2.75) is 25.3 Å². The number of likely N-dealkylation sites (tertiary alicyclic amines) is 1. The van der Waals surface area contributed by atoms with Gasteiger partial charge in [0.1, 0.15) is 11.6 Å². The lowest BCUT2D eigenvalue weighted by molar-refractivity contribution is -0.132. The maximum absolute atomic E-state index is 12.7. The molecular weight excluding hydrogens is 247 g/mol. The van der Waals surface area contributed by atoms with E-state index in [9.17, 15) is 9.18 Å². The van der Waals surface area contributed by atoms with E-state index in [0.29, 0.717) is 25.3 Å². The molecule has 1 atom stereocenters. The van der Waals surface area contributed by atoms with Crippen LogP contribution in [0.25, 0.3) is 0 Å². The molecule has 0 spiro atoms. The molecule has 1 unspecified atom stereocenters. The van der Waals surface area contributed by atoms with E-state index in [1.165, 1.54) is 12.1 Å². The third-order valence-corrected chi connectivity index (χ3v) is 3.21. The first-order valence-electron chi connectivity index (χ1n) is 6.57. The summed E-state index contributed by atoms with van der Waals surface area (Å²) in [7, 11) is 0. The van der Waals surface area contributed by atoms with Crippen molar-refractivity contribution in [3.05, 3.63) is 30.1 Å². The predicted molar refractivity (Wildman–Crippen MR) is 70.3 cm³/mol. The minimum atomic E-state index is -0.300. The number of hydrogen-bond acceptors (Lipinski definition) is 3. The second kappa shape index (κ2) is 6.52. The molecular formula is C14H19FN2O2. The van der Waals surface area contributed by atoms with Crippen LogP contribution >= 0.6 is 0 Å². The SMILES string of the molecule is NC1CCCN(C(=O)CCOc2ccc(F)cc2)C1. The molecule has 0 aliphatic carbocycles. The molecule has 0 aromatic heterocycles. The highest BCUT2D eigenvalue weighted by Crippen LogP contribution is 2.12. The van der Waals surface area contributed by atoms with Crippen LogP contribution in [-0.2, 0) is 4.79 Å². The molecule has 4 nitrogen and oxygen atoms in total. The number of piperidine rings is 1. The van der Waals surface area contributed by atoms with Gasteiger partial charge in [-0.1, -0.05) is 0 Å². The summed E-state index contributed by atoms with van der Waals surface area (Å²) < 4.78 is 18.1. The molecule has 1 aliphatic heterocycles. The first-order valence-corrected chi connectivity index (χ1v) is 6.57. The summed E-state index contributed by atoms with van der Waals surface area (Å²) in [5.74, 6) is 0.340. The largest absolute Gasteiger partial charge is 0.493 e. The summed E-state index contributed by atoms with van der Waals surface area (Å²) in [5, 5.41) is 0. The number of ether oxygens (including phenoxy) is 1. The quantitative estimate of drug-likeness (QED) is 0.899. The van der Waals surface area contributed by atoms with Gasteiger partial charge in [-0.25, -0.2) is 4.39 Å². The molecule has 1 aliphatic rings. The van der Waals surface area contributed by atoms with Gasteiger partial charge < -0.3 is 15.4 Å². The fourth-order valence-corrected chi connectivity index (χ4v) is 2.18. The summed E-state index contributed by atoms with van der Waals surface area (Å²) in [4.78, 5) is 13.7. The number of carbonyl (C=O) groups excluding carboxylic acids is 1. The Hall–Kier alpha value is -1.62. The molecule has 2 N–H and O–H groups in total. The van der Waals surface area contributed by atoms with Gasteiger partial charge in [-0.15, -0.1) is 0 Å². The zero-order chi connectivity index (χ0) is 13.7. The highest BCUT2D eigenvalue weighted by Gasteiger charge is 2.20. The Morgan fingerprint density at radius 3 is 2.84 bits per heavy atom. The molecule has 1 saturated heterocycles. The third-order valence-electron chi connectivity index (χ3n) is 3.21. The Kier molecular flexibility index (Phi) is 4.74.